The highest BCUT2D eigenvalue weighted by molar-refractivity contribution is 6.48. The lowest BCUT2D eigenvalue weighted by atomic mass is 10.2. The van der Waals surface area contributed by atoms with Crippen LogP contribution in [0.5, 0.6) is 0 Å². The first-order chi connectivity index (χ1) is 6.08. The van der Waals surface area contributed by atoms with E-state index in [9.17, 15) is 4.79 Å². The maximum Gasteiger partial charge on any atom is 0.289 e. The second-order valence-electron chi connectivity index (χ2n) is 3.28. The van der Waals surface area contributed by atoms with Crippen LogP contribution in [-0.2, 0) is 9.22 Å². The molecular weight excluding hydrogens is 180 g/mol. The van der Waals surface area contributed by atoms with Crippen molar-refractivity contribution in [3.05, 3.63) is 29.3 Å². The average Bonchev–Trinajstić information content (AvgIpc) is 1.99. The van der Waals surface area contributed by atoms with Crippen molar-refractivity contribution in [2.75, 3.05) is 0 Å². The molecule has 0 aliphatic rings. The standard InChI is InChI=1S/C10H14O2Si/c1-7-4-8(2)6-10(5-7)13-12-9(3)11/h4-6H,13H2,1-3H3. The summed E-state index contributed by atoms with van der Waals surface area (Å²) in [6.45, 7) is 5.56. The monoisotopic (exact) mass is 194 g/mol. The Bertz CT molecular complexity index is 300. The lowest BCUT2D eigenvalue weighted by Gasteiger charge is -2.04. The van der Waals surface area contributed by atoms with E-state index in [1.165, 1.54) is 23.2 Å². The van der Waals surface area contributed by atoms with E-state index in [1.54, 1.807) is 0 Å². The molecule has 1 aromatic carbocycles. The zero-order valence-electron chi connectivity index (χ0n) is 8.26. The highest BCUT2D eigenvalue weighted by atomic mass is 28.2. The second-order valence-corrected chi connectivity index (χ2v) is 4.67. The van der Waals surface area contributed by atoms with Crippen molar-refractivity contribution in [3.8, 4) is 0 Å². The van der Waals surface area contributed by atoms with Crippen LogP contribution in [-0.4, -0.2) is 15.7 Å². The van der Waals surface area contributed by atoms with E-state index in [1.807, 2.05) is 0 Å². The Morgan fingerprint density at radius 2 is 1.77 bits per heavy atom. The van der Waals surface area contributed by atoms with Crippen molar-refractivity contribution >= 4 is 20.9 Å². The second kappa shape index (κ2) is 4.23. The Morgan fingerprint density at radius 3 is 2.23 bits per heavy atom. The smallest absolute Gasteiger partial charge is 0.289 e. The van der Waals surface area contributed by atoms with Gasteiger partial charge in [-0.25, -0.2) is 0 Å². The van der Waals surface area contributed by atoms with Crippen LogP contribution >= 0.6 is 0 Å². The van der Waals surface area contributed by atoms with Gasteiger partial charge in [0.1, 0.15) is 0 Å². The van der Waals surface area contributed by atoms with Gasteiger partial charge in [-0.05, 0) is 19.0 Å². The van der Waals surface area contributed by atoms with Gasteiger partial charge in [0.15, 0.2) is 0 Å². The molecule has 0 aliphatic heterocycles. The maximum absolute atomic E-state index is 10.6. The van der Waals surface area contributed by atoms with Gasteiger partial charge in [0, 0.05) is 6.92 Å². The number of aryl methyl sites for hydroxylation is 2. The number of carbonyl (C=O) groups is 1. The third-order valence-corrected chi connectivity index (χ3v) is 3.02. The Hall–Kier alpha value is -1.09. The van der Waals surface area contributed by atoms with Crippen LogP contribution in [0.15, 0.2) is 18.2 Å². The molecule has 1 aromatic rings. The molecule has 0 heterocycles. The minimum atomic E-state index is -0.851. The fourth-order valence-electron chi connectivity index (χ4n) is 1.34. The minimum absolute atomic E-state index is 0.175. The summed E-state index contributed by atoms with van der Waals surface area (Å²) in [7, 11) is -0.851. The van der Waals surface area contributed by atoms with Gasteiger partial charge < -0.3 is 4.43 Å². The molecule has 0 aliphatic carbocycles. The first-order valence-electron chi connectivity index (χ1n) is 4.28. The molecule has 70 valence electrons. The van der Waals surface area contributed by atoms with E-state index in [0.717, 1.165) is 0 Å². The Labute approximate surface area is 80.9 Å². The van der Waals surface area contributed by atoms with Crippen molar-refractivity contribution in [2.24, 2.45) is 0 Å². The van der Waals surface area contributed by atoms with Crippen molar-refractivity contribution < 1.29 is 9.22 Å². The summed E-state index contributed by atoms with van der Waals surface area (Å²) in [5.41, 5.74) is 2.46. The molecule has 0 unspecified atom stereocenters. The van der Waals surface area contributed by atoms with Gasteiger partial charge in [0.25, 0.3) is 15.7 Å². The maximum atomic E-state index is 10.6. The minimum Gasteiger partial charge on any atom is -0.521 e. The molecule has 0 saturated carbocycles. The highest BCUT2D eigenvalue weighted by Gasteiger charge is 1.99. The molecule has 0 N–H and O–H groups in total. The van der Waals surface area contributed by atoms with Crippen molar-refractivity contribution in [3.63, 3.8) is 0 Å². The Kier molecular flexibility index (Phi) is 3.25. The first kappa shape index (κ1) is 9.99. The quantitative estimate of drug-likeness (QED) is 0.644. The van der Waals surface area contributed by atoms with E-state index in [-0.39, 0.29) is 5.97 Å². The van der Waals surface area contributed by atoms with Crippen LogP contribution in [0.4, 0.5) is 0 Å². The molecule has 0 bridgehead atoms. The molecule has 0 atom stereocenters. The van der Waals surface area contributed by atoms with Gasteiger partial charge in [-0.2, -0.15) is 0 Å². The summed E-state index contributed by atoms with van der Waals surface area (Å²) in [6.07, 6.45) is 0. The molecule has 0 amide bonds. The van der Waals surface area contributed by atoms with Crippen LogP contribution in [0.25, 0.3) is 0 Å². The zero-order chi connectivity index (χ0) is 9.84. The number of hydrogen-bond donors (Lipinski definition) is 0. The normalized spacial score (nSPS) is 10.7. The largest absolute Gasteiger partial charge is 0.521 e. The Morgan fingerprint density at radius 1 is 1.23 bits per heavy atom. The van der Waals surface area contributed by atoms with Gasteiger partial charge in [-0.15, -0.1) is 0 Å². The number of rotatable bonds is 2. The third-order valence-electron chi connectivity index (χ3n) is 1.72. The fraction of sp³-hybridized carbons (Fsp3) is 0.300. The number of hydrogen-bond acceptors (Lipinski definition) is 2. The number of carbonyl (C=O) groups excluding carboxylic acids is 1. The van der Waals surface area contributed by atoms with Crippen molar-refractivity contribution in [1.82, 2.24) is 0 Å². The summed E-state index contributed by atoms with van der Waals surface area (Å²) < 4.78 is 5.04. The van der Waals surface area contributed by atoms with E-state index < -0.39 is 9.76 Å². The molecule has 0 radical (unpaired) electrons. The summed E-state index contributed by atoms with van der Waals surface area (Å²) >= 11 is 0. The van der Waals surface area contributed by atoms with Gasteiger partial charge in [0.05, 0.1) is 0 Å². The van der Waals surface area contributed by atoms with Gasteiger partial charge in [-0.3, -0.25) is 4.79 Å². The van der Waals surface area contributed by atoms with E-state index >= 15 is 0 Å². The Balaban J connectivity index is 2.71. The lowest BCUT2D eigenvalue weighted by Crippen LogP contribution is -2.20. The van der Waals surface area contributed by atoms with Gasteiger partial charge in [-0.1, -0.05) is 29.3 Å². The van der Waals surface area contributed by atoms with Gasteiger partial charge in [0.2, 0.25) is 0 Å². The summed E-state index contributed by atoms with van der Waals surface area (Å²) in [5, 5.41) is 1.19. The van der Waals surface area contributed by atoms with Crippen LogP contribution in [0, 0.1) is 13.8 Å². The zero-order valence-corrected chi connectivity index (χ0v) is 9.67. The van der Waals surface area contributed by atoms with Crippen LogP contribution in [0.3, 0.4) is 0 Å². The van der Waals surface area contributed by atoms with E-state index in [2.05, 4.69) is 32.0 Å². The molecule has 13 heavy (non-hydrogen) atoms. The van der Waals surface area contributed by atoms with Crippen LogP contribution in [0.2, 0.25) is 0 Å². The molecule has 0 aromatic heterocycles. The van der Waals surface area contributed by atoms with E-state index in [0.29, 0.717) is 0 Å². The van der Waals surface area contributed by atoms with E-state index in [4.69, 9.17) is 4.43 Å². The fourth-order valence-corrected chi connectivity index (χ4v) is 2.52. The lowest BCUT2D eigenvalue weighted by molar-refractivity contribution is -0.131. The van der Waals surface area contributed by atoms with Crippen LogP contribution < -0.4 is 5.19 Å². The molecule has 1 rings (SSSR count). The SMILES string of the molecule is CC(=O)O[SiH2]c1cc(C)cc(C)c1. The summed E-state index contributed by atoms with van der Waals surface area (Å²) in [5.74, 6) is -0.175. The summed E-state index contributed by atoms with van der Waals surface area (Å²) in [6, 6.07) is 6.29. The molecule has 0 spiro atoms. The number of benzene rings is 1. The molecular formula is C10H14O2Si. The van der Waals surface area contributed by atoms with Crippen molar-refractivity contribution in [2.45, 2.75) is 20.8 Å². The molecule has 0 fully saturated rings. The summed E-state index contributed by atoms with van der Waals surface area (Å²) in [4.78, 5) is 10.6. The molecule has 2 nitrogen and oxygen atoms in total. The van der Waals surface area contributed by atoms with Gasteiger partial charge >= 0.3 is 0 Å². The topological polar surface area (TPSA) is 26.3 Å². The van der Waals surface area contributed by atoms with Crippen molar-refractivity contribution in [1.29, 1.82) is 0 Å². The molecule has 3 heteroatoms. The predicted molar refractivity (Wildman–Crippen MR) is 55.9 cm³/mol. The third kappa shape index (κ3) is 3.42. The predicted octanol–water partition coefficient (Wildman–Crippen LogP) is 0.576. The first-order valence-corrected chi connectivity index (χ1v) is 5.57. The molecule has 0 saturated heterocycles. The van der Waals surface area contributed by atoms with Crippen LogP contribution in [0.1, 0.15) is 18.1 Å². The average molecular weight is 194 g/mol. The highest BCUT2D eigenvalue weighted by Crippen LogP contribution is 1.99.